The Morgan fingerprint density at radius 3 is 2.61 bits per heavy atom. The third-order valence-corrected chi connectivity index (χ3v) is 5.71. The monoisotopic (exact) mass is 247 g/mol. The van der Waals surface area contributed by atoms with Crippen molar-refractivity contribution in [3.8, 4) is 0 Å². The molecule has 0 spiro atoms. The molecule has 4 nitrogen and oxygen atoms in total. The lowest BCUT2D eigenvalue weighted by molar-refractivity contribution is 0.338. The van der Waals surface area contributed by atoms with Crippen LogP contribution in [0.1, 0.15) is 57.2 Å². The van der Waals surface area contributed by atoms with E-state index in [1.807, 2.05) is 6.92 Å². The maximum Gasteiger partial charge on any atom is 0.230 e. The summed E-state index contributed by atoms with van der Waals surface area (Å²) in [4.78, 5) is 4.59. The Bertz CT molecular complexity index is 465. The van der Waals surface area contributed by atoms with E-state index in [-0.39, 0.29) is 0 Å². The van der Waals surface area contributed by atoms with Crippen molar-refractivity contribution in [1.82, 2.24) is 10.1 Å². The predicted molar refractivity (Wildman–Crippen MR) is 66.7 cm³/mol. The van der Waals surface area contributed by atoms with Gasteiger partial charge < -0.3 is 10.3 Å². The summed E-state index contributed by atoms with van der Waals surface area (Å²) < 4.78 is 5.50. The highest BCUT2D eigenvalue weighted by atomic mass is 16.5. The van der Waals surface area contributed by atoms with Gasteiger partial charge in [0.1, 0.15) is 0 Å². The molecule has 2 bridgehead atoms. The van der Waals surface area contributed by atoms with E-state index in [0.29, 0.717) is 11.7 Å². The topological polar surface area (TPSA) is 64.9 Å². The minimum atomic E-state index is -0.454. The van der Waals surface area contributed by atoms with E-state index < -0.39 is 5.54 Å². The van der Waals surface area contributed by atoms with Crippen LogP contribution in [-0.4, -0.2) is 10.1 Å². The second kappa shape index (κ2) is 3.35. The smallest absolute Gasteiger partial charge is 0.230 e. The van der Waals surface area contributed by atoms with Crippen LogP contribution in [0.15, 0.2) is 4.52 Å². The Balaban J connectivity index is 1.58. The van der Waals surface area contributed by atoms with Gasteiger partial charge in [0.25, 0.3) is 0 Å². The van der Waals surface area contributed by atoms with E-state index in [1.165, 1.54) is 19.3 Å². The summed E-state index contributed by atoms with van der Waals surface area (Å²) in [5, 5.41) is 4.11. The fourth-order valence-corrected chi connectivity index (χ4v) is 4.42. The molecule has 4 heteroatoms. The van der Waals surface area contributed by atoms with Crippen LogP contribution in [0.5, 0.6) is 0 Å². The molecule has 98 valence electrons. The first-order valence-corrected chi connectivity index (χ1v) is 7.25. The number of aromatic nitrogens is 2. The molecule has 5 unspecified atom stereocenters. The first-order valence-electron chi connectivity index (χ1n) is 7.25. The number of fused-ring (bicyclic) bond motifs is 5. The van der Waals surface area contributed by atoms with Crippen molar-refractivity contribution < 1.29 is 4.52 Å². The van der Waals surface area contributed by atoms with Gasteiger partial charge in [-0.15, -0.1) is 0 Å². The standard InChI is InChI=1S/C14H21N3O/c1-3-14(2,15)13-16-12(18-17-13)11-9-7-4-5-8(6-7)10(9)11/h7-11H,3-6,15H2,1-2H3. The molecular formula is C14H21N3O. The maximum absolute atomic E-state index is 6.17. The molecule has 0 aliphatic heterocycles. The van der Waals surface area contributed by atoms with Crippen LogP contribution in [0, 0.1) is 23.7 Å². The number of hydrogen-bond acceptors (Lipinski definition) is 4. The number of rotatable bonds is 3. The fourth-order valence-electron chi connectivity index (χ4n) is 4.42. The van der Waals surface area contributed by atoms with Gasteiger partial charge in [-0.1, -0.05) is 12.1 Å². The van der Waals surface area contributed by atoms with Crippen LogP contribution in [0.4, 0.5) is 0 Å². The molecule has 3 saturated carbocycles. The fraction of sp³-hybridized carbons (Fsp3) is 0.857. The molecule has 3 fully saturated rings. The van der Waals surface area contributed by atoms with Crippen molar-refractivity contribution in [2.45, 2.75) is 51.0 Å². The van der Waals surface area contributed by atoms with Crippen LogP contribution in [0.2, 0.25) is 0 Å². The van der Waals surface area contributed by atoms with Gasteiger partial charge in [0, 0.05) is 5.92 Å². The number of nitrogens with zero attached hydrogens (tertiary/aromatic N) is 2. The second-order valence-corrected chi connectivity index (χ2v) is 6.74. The zero-order chi connectivity index (χ0) is 12.5. The van der Waals surface area contributed by atoms with Crippen molar-refractivity contribution >= 4 is 0 Å². The minimum Gasteiger partial charge on any atom is -0.339 e. The van der Waals surface area contributed by atoms with E-state index in [9.17, 15) is 0 Å². The lowest BCUT2D eigenvalue weighted by Crippen LogP contribution is -2.33. The SMILES string of the molecule is CCC(C)(N)c1noc(C2C3C4CCC(C4)C23)n1. The van der Waals surface area contributed by atoms with Crippen LogP contribution in [0.25, 0.3) is 0 Å². The van der Waals surface area contributed by atoms with Gasteiger partial charge >= 0.3 is 0 Å². The van der Waals surface area contributed by atoms with E-state index in [1.54, 1.807) is 0 Å². The average molecular weight is 247 g/mol. The summed E-state index contributed by atoms with van der Waals surface area (Å²) in [5.41, 5.74) is 5.72. The van der Waals surface area contributed by atoms with Gasteiger partial charge in [-0.25, -0.2) is 0 Å². The Morgan fingerprint density at radius 1 is 1.33 bits per heavy atom. The van der Waals surface area contributed by atoms with Crippen molar-refractivity contribution in [2.24, 2.45) is 29.4 Å². The molecule has 18 heavy (non-hydrogen) atoms. The molecule has 4 rings (SSSR count). The summed E-state index contributed by atoms with van der Waals surface area (Å²) in [6, 6.07) is 0. The van der Waals surface area contributed by atoms with E-state index in [4.69, 9.17) is 10.3 Å². The Labute approximate surface area is 107 Å². The molecule has 2 N–H and O–H groups in total. The zero-order valence-electron chi connectivity index (χ0n) is 11.1. The van der Waals surface area contributed by atoms with Crippen molar-refractivity contribution in [3.05, 3.63) is 11.7 Å². The predicted octanol–water partition coefficient (Wildman–Crippen LogP) is 2.41. The van der Waals surface area contributed by atoms with Crippen LogP contribution in [-0.2, 0) is 5.54 Å². The van der Waals surface area contributed by atoms with Crippen LogP contribution in [0.3, 0.4) is 0 Å². The normalized spacial score (nSPS) is 43.8. The summed E-state index contributed by atoms with van der Waals surface area (Å²) in [6.45, 7) is 4.03. The van der Waals surface area contributed by atoms with Crippen molar-refractivity contribution in [2.75, 3.05) is 0 Å². The maximum atomic E-state index is 6.17. The molecule has 0 saturated heterocycles. The highest BCUT2D eigenvalue weighted by Crippen LogP contribution is 2.72. The molecule has 1 heterocycles. The third-order valence-electron chi connectivity index (χ3n) is 5.71. The largest absolute Gasteiger partial charge is 0.339 e. The first kappa shape index (κ1) is 11.0. The van der Waals surface area contributed by atoms with Gasteiger partial charge in [-0.2, -0.15) is 4.98 Å². The van der Waals surface area contributed by atoms with Crippen molar-refractivity contribution in [1.29, 1.82) is 0 Å². The summed E-state index contributed by atoms with van der Waals surface area (Å²) in [5.74, 6) is 5.68. The third kappa shape index (κ3) is 1.30. The Morgan fingerprint density at radius 2 is 2.00 bits per heavy atom. The molecule has 5 atom stereocenters. The van der Waals surface area contributed by atoms with Gasteiger partial charge in [-0.05, 0) is 56.3 Å². The first-order chi connectivity index (χ1) is 8.62. The summed E-state index contributed by atoms with van der Waals surface area (Å²) in [7, 11) is 0. The van der Waals surface area contributed by atoms with Gasteiger partial charge in [0.05, 0.1) is 5.54 Å². The molecule has 0 radical (unpaired) electrons. The lowest BCUT2D eigenvalue weighted by Gasteiger charge is -2.16. The molecule has 0 amide bonds. The Kier molecular flexibility index (Phi) is 2.04. The van der Waals surface area contributed by atoms with E-state index >= 15 is 0 Å². The molecule has 1 aromatic heterocycles. The molecule has 1 aromatic rings. The minimum absolute atomic E-state index is 0.454. The summed E-state index contributed by atoms with van der Waals surface area (Å²) in [6.07, 6.45) is 5.13. The molecular weight excluding hydrogens is 226 g/mol. The number of hydrogen-bond donors (Lipinski definition) is 1. The summed E-state index contributed by atoms with van der Waals surface area (Å²) >= 11 is 0. The number of nitrogens with two attached hydrogens (primary N) is 1. The zero-order valence-corrected chi connectivity index (χ0v) is 11.1. The highest BCUT2D eigenvalue weighted by molar-refractivity contribution is 5.23. The average Bonchev–Trinajstić information content (AvgIpc) is 2.82. The van der Waals surface area contributed by atoms with E-state index in [2.05, 4.69) is 17.1 Å². The molecule has 3 aliphatic carbocycles. The highest BCUT2D eigenvalue weighted by Gasteiger charge is 2.67. The van der Waals surface area contributed by atoms with Crippen molar-refractivity contribution in [3.63, 3.8) is 0 Å². The van der Waals surface area contributed by atoms with Crippen LogP contribution >= 0.6 is 0 Å². The van der Waals surface area contributed by atoms with Gasteiger partial charge in [-0.3, -0.25) is 0 Å². The van der Waals surface area contributed by atoms with E-state index in [0.717, 1.165) is 36.0 Å². The molecule has 3 aliphatic rings. The second-order valence-electron chi connectivity index (χ2n) is 6.74. The van der Waals surface area contributed by atoms with Gasteiger partial charge in [0.15, 0.2) is 5.82 Å². The Hall–Kier alpha value is -0.900. The quantitative estimate of drug-likeness (QED) is 0.890. The van der Waals surface area contributed by atoms with Gasteiger partial charge in [0.2, 0.25) is 5.89 Å². The molecule has 0 aromatic carbocycles. The van der Waals surface area contributed by atoms with Crippen LogP contribution < -0.4 is 5.73 Å². The lowest BCUT2D eigenvalue weighted by atomic mass is 10.00.